The molecule has 0 bridgehead atoms. The maximum absolute atomic E-state index is 10.7. The van der Waals surface area contributed by atoms with Crippen molar-refractivity contribution in [3.8, 4) is 0 Å². The number of aldehydes is 1. The lowest BCUT2D eigenvalue weighted by Gasteiger charge is -2.35. The van der Waals surface area contributed by atoms with Gasteiger partial charge in [-0.1, -0.05) is 34.6 Å². The third-order valence-corrected chi connectivity index (χ3v) is 4.68. The van der Waals surface area contributed by atoms with Gasteiger partial charge in [0.2, 0.25) is 0 Å². The Balaban J connectivity index is 4.42. The molecule has 1 unspecified atom stereocenters. The molecular formula is C17H34O3. The number of ether oxygens (including phenoxy) is 2. The zero-order valence-corrected chi connectivity index (χ0v) is 14.3. The molecule has 120 valence electrons. The summed E-state index contributed by atoms with van der Waals surface area (Å²) in [4.78, 5) is 10.7. The molecule has 0 aromatic carbocycles. The summed E-state index contributed by atoms with van der Waals surface area (Å²) in [6.07, 6.45) is 5.80. The monoisotopic (exact) mass is 286 g/mol. The Kier molecular flexibility index (Phi) is 9.32. The largest absolute Gasteiger partial charge is 0.375 e. The normalized spacial score (nSPS) is 14.3. The van der Waals surface area contributed by atoms with E-state index in [9.17, 15) is 4.79 Å². The summed E-state index contributed by atoms with van der Waals surface area (Å²) in [6, 6.07) is 0. The lowest BCUT2D eigenvalue weighted by molar-refractivity contribution is -0.121. The maximum atomic E-state index is 10.7. The first-order chi connectivity index (χ1) is 9.40. The van der Waals surface area contributed by atoms with Crippen LogP contribution in [0, 0.1) is 5.92 Å². The van der Waals surface area contributed by atoms with Crippen LogP contribution in [-0.2, 0) is 14.3 Å². The number of carbonyl (C=O) groups is 1. The molecule has 0 N–H and O–H groups in total. The van der Waals surface area contributed by atoms with Gasteiger partial charge < -0.3 is 14.3 Å². The summed E-state index contributed by atoms with van der Waals surface area (Å²) < 4.78 is 12.1. The Hall–Kier alpha value is -0.410. The highest BCUT2D eigenvalue weighted by Gasteiger charge is 2.29. The number of rotatable bonds is 12. The van der Waals surface area contributed by atoms with Gasteiger partial charge in [0.1, 0.15) is 6.29 Å². The lowest BCUT2D eigenvalue weighted by Crippen LogP contribution is -2.36. The molecule has 0 amide bonds. The van der Waals surface area contributed by atoms with E-state index in [4.69, 9.17) is 9.47 Å². The average molecular weight is 286 g/mol. The van der Waals surface area contributed by atoms with Gasteiger partial charge >= 0.3 is 0 Å². The van der Waals surface area contributed by atoms with Crippen molar-refractivity contribution in [3.05, 3.63) is 0 Å². The summed E-state index contributed by atoms with van der Waals surface area (Å²) >= 11 is 0. The van der Waals surface area contributed by atoms with Crippen LogP contribution in [0.25, 0.3) is 0 Å². The zero-order chi connectivity index (χ0) is 15.6. The van der Waals surface area contributed by atoms with E-state index in [1.54, 1.807) is 0 Å². The summed E-state index contributed by atoms with van der Waals surface area (Å²) in [7, 11) is 0. The first-order valence-electron chi connectivity index (χ1n) is 8.14. The Labute approximate surface area is 125 Å². The molecule has 0 saturated carbocycles. The molecule has 0 rings (SSSR count). The predicted octanol–water partition coefficient (Wildman–Crippen LogP) is 4.38. The molecule has 0 fully saturated rings. The van der Waals surface area contributed by atoms with Crippen molar-refractivity contribution in [1.82, 2.24) is 0 Å². The fraction of sp³-hybridized carbons (Fsp3) is 0.941. The Morgan fingerprint density at radius 2 is 1.55 bits per heavy atom. The highest BCUT2D eigenvalue weighted by molar-refractivity contribution is 5.52. The van der Waals surface area contributed by atoms with Crippen molar-refractivity contribution in [2.75, 3.05) is 13.2 Å². The predicted molar refractivity (Wildman–Crippen MR) is 84.0 cm³/mol. The molecule has 0 aromatic rings. The standard InChI is InChI=1S/C17H34O3/c1-7-16(6,8-2)19-12-11-17(9-3,10-4)20-14-15(5)13-18/h13,15H,7-12,14H2,1-6H3. The molecule has 20 heavy (non-hydrogen) atoms. The third-order valence-electron chi connectivity index (χ3n) is 4.68. The molecule has 0 spiro atoms. The van der Waals surface area contributed by atoms with Crippen LogP contribution in [-0.4, -0.2) is 30.7 Å². The topological polar surface area (TPSA) is 35.5 Å². The van der Waals surface area contributed by atoms with Crippen molar-refractivity contribution in [2.24, 2.45) is 5.92 Å². The van der Waals surface area contributed by atoms with Crippen LogP contribution in [0.1, 0.15) is 73.6 Å². The van der Waals surface area contributed by atoms with Crippen LogP contribution in [0.5, 0.6) is 0 Å². The van der Waals surface area contributed by atoms with Gasteiger partial charge in [0, 0.05) is 5.92 Å². The molecule has 3 heteroatoms. The fourth-order valence-electron chi connectivity index (χ4n) is 2.16. The minimum atomic E-state index is -0.153. The van der Waals surface area contributed by atoms with E-state index in [0.717, 1.165) is 45.0 Å². The van der Waals surface area contributed by atoms with Gasteiger partial charge in [-0.25, -0.2) is 0 Å². The minimum Gasteiger partial charge on any atom is -0.375 e. The molecule has 0 aliphatic carbocycles. The first-order valence-corrected chi connectivity index (χ1v) is 8.14. The molecule has 0 aliphatic heterocycles. The maximum Gasteiger partial charge on any atom is 0.125 e. The van der Waals surface area contributed by atoms with Gasteiger partial charge in [-0.15, -0.1) is 0 Å². The molecule has 0 aromatic heterocycles. The first kappa shape index (κ1) is 19.6. The van der Waals surface area contributed by atoms with E-state index >= 15 is 0 Å². The van der Waals surface area contributed by atoms with Crippen LogP contribution in [0.2, 0.25) is 0 Å². The number of hydrogen-bond acceptors (Lipinski definition) is 3. The van der Waals surface area contributed by atoms with Crippen LogP contribution in [0.4, 0.5) is 0 Å². The fourth-order valence-corrected chi connectivity index (χ4v) is 2.16. The molecule has 0 aliphatic rings. The van der Waals surface area contributed by atoms with E-state index in [1.807, 2.05) is 6.92 Å². The summed E-state index contributed by atoms with van der Waals surface area (Å²) in [5.41, 5.74) is -0.178. The van der Waals surface area contributed by atoms with Crippen molar-refractivity contribution < 1.29 is 14.3 Å². The van der Waals surface area contributed by atoms with Crippen molar-refractivity contribution in [1.29, 1.82) is 0 Å². The van der Waals surface area contributed by atoms with Gasteiger partial charge in [0.15, 0.2) is 0 Å². The Morgan fingerprint density at radius 3 is 1.95 bits per heavy atom. The van der Waals surface area contributed by atoms with Gasteiger partial charge in [-0.2, -0.15) is 0 Å². The lowest BCUT2D eigenvalue weighted by atomic mass is 9.92. The highest BCUT2D eigenvalue weighted by atomic mass is 16.5. The summed E-state index contributed by atoms with van der Waals surface area (Å²) in [5.74, 6) is -0.0371. The van der Waals surface area contributed by atoms with Crippen LogP contribution < -0.4 is 0 Å². The quantitative estimate of drug-likeness (QED) is 0.499. The zero-order valence-electron chi connectivity index (χ0n) is 14.3. The third kappa shape index (κ3) is 6.36. The summed E-state index contributed by atoms with van der Waals surface area (Å²) in [6.45, 7) is 13.9. The second kappa shape index (κ2) is 9.51. The molecule has 1 atom stereocenters. The van der Waals surface area contributed by atoms with E-state index in [1.165, 1.54) is 0 Å². The van der Waals surface area contributed by atoms with E-state index in [-0.39, 0.29) is 17.1 Å². The van der Waals surface area contributed by atoms with E-state index < -0.39 is 0 Å². The van der Waals surface area contributed by atoms with Crippen molar-refractivity contribution in [3.63, 3.8) is 0 Å². The molecular weight excluding hydrogens is 252 g/mol. The van der Waals surface area contributed by atoms with Crippen LogP contribution >= 0.6 is 0 Å². The Morgan fingerprint density at radius 1 is 1.00 bits per heavy atom. The number of carbonyl (C=O) groups excluding carboxylic acids is 1. The molecule has 0 saturated heterocycles. The van der Waals surface area contributed by atoms with Gasteiger partial charge in [0.05, 0.1) is 24.4 Å². The smallest absolute Gasteiger partial charge is 0.125 e. The Bertz CT molecular complexity index is 255. The van der Waals surface area contributed by atoms with Gasteiger partial charge in [-0.05, 0) is 39.0 Å². The second-order valence-corrected chi connectivity index (χ2v) is 6.07. The molecule has 0 heterocycles. The SMILES string of the molecule is CCC(C)(CC)OCCC(CC)(CC)OCC(C)C=O. The van der Waals surface area contributed by atoms with E-state index in [0.29, 0.717) is 6.61 Å². The highest BCUT2D eigenvalue weighted by Crippen LogP contribution is 2.27. The van der Waals surface area contributed by atoms with Gasteiger partial charge in [0.25, 0.3) is 0 Å². The second-order valence-electron chi connectivity index (χ2n) is 6.07. The minimum absolute atomic E-state index is 0.0245. The summed E-state index contributed by atoms with van der Waals surface area (Å²) in [5, 5.41) is 0. The van der Waals surface area contributed by atoms with Crippen LogP contribution in [0.15, 0.2) is 0 Å². The molecule has 0 radical (unpaired) electrons. The van der Waals surface area contributed by atoms with Crippen molar-refractivity contribution >= 4 is 6.29 Å². The number of hydrogen-bond donors (Lipinski definition) is 0. The van der Waals surface area contributed by atoms with E-state index in [2.05, 4.69) is 34.6 Å². The van der Waals surface area contributed by atoms with Gasteiger partial charge in [-0.3, -0.25) is 0 Å². The molecule has 3 nitrogen and oxygen atoms in total. The van der Waals surface area contributed by atoms with Crippen molar-refractivity contribution in [2.45, 2.75) is 84.8 Å². The van der Waals surface area contributed by atoms with Crippen LogP contribution in [0.3, 0.4) is 0 Å². The average Bonchev–Trinajstić information content (AvgIpc) is 2.50.